The van der Waals surface area contributed by atoms with E-state index in [2.05, 4.69) is 37.4 Å². The van der Waals surface area contributed by atoms with Gasteiger partial charge in [-0.25, -0.2) is 0 Å². The van der Waals surface area contributed by atoms with Crippen LogP contribution in [-0.4, -0.2) is 24.0 Å². The Morgan fingerprint density at radius 1 is 1.15 bits per heavy atom. The van der Waals surface area contributed by atoms with Crippen LogP contribution < -0.4 is 10.1 Å². The summed E-state index contributed by atoms with van der Waals surface area (Å²) < 4.78 is 6.16. The molecule has 5 heteroatoms. The number of amides is 1. The van der Waals surface area contributed by atoms with E-state index in [1.165, 1.54) is 29.1 Å². The monoisotopic (exact) mass is 387 g/mol. The van der Waals surface area contributed by atoms with Crippen molar-refractivity contribution in [2.24, 2.45) is 0 Å². The molecule has 1 aliphatic heterocycles. The molecule has 1 fully saturated rings. The van der Waals surface area contributed by atoms with E-state index in [4.69, 9.17) is 4.74 Å². The van der Waals surface area contributed by atoms with Crippen molar-refractivity contribution >= 4 is 35.1 Å². The predicted molar refractivity (Wildman–Crippen MR) is 113 cm³/mol. The third-order valence-electron chi connectivity index (χ3n) is 4.19. The molecular weight excluding hydrogens is 362 g/mol. The van der Waals surface area contributed by atoms with Gasteiger partial charge in [-0.05, 0) is 59.2 Å². The summed E-state index contributed by atoms with van der Waals surface area (Å²) in [5, 5.41) is 2.90. The van der Waals surface area contributed by atoms with Crippen molar-refractivity contribution in [2.75, 3.05) is 23.4 Å². The molecule has 0 bridgehead atoms. The Balaban J connectivity index is 1.50. The molecule has 0 spiro atoms. The van der Waals surface area contributed by atoms with Gasteiger partial charge in [0.25, 0.3) is 5.91 Å². The van der Waals surface area contributed by atoms with E-state index in [1.54, 1.807) is 0 Å². The highest BCUT2D eigenvalue weighted by Gasteiger charge is 2.16. The van der Waals surface area contributed by atoms with Crippen LogP contribution in [0.2, 0.25) is 0 Å². The molecule has 26 heavy (non-hydrogen) atoms. The number of nitrogens with one attached hydrogen (secondary N) is 1. The second kappa shape index (κ2) is 9.38. The first-order valence-corrected chi connectivity index (χ1v) is 11.1. The molecule has 0 aliphatic carbocycles. The quantitative estimate of drug-likeness (QED) is 0.690. The highest BCUT2D eigenvalue weighted by atomic mass is 32.2. The van der Waals surface area contributed by atoms with Crippen molar-refractivity contribution in [3.63, 3.8) is 0 Å². The minimum Gasteiger partial charge on any atom is -0.484 e. The minimum absolute atomic E-state index is 0.0121. The van der Waals surface area contributed by atoms with Gasteiger partial charge >= 0.3 is 0 Å². The van der Waals surface area contributed by atoms with Gasteiger partial charge in [0.15, 0.2) is 6.61 Å². The summed E-state index contributed by atoms with van der Waals surface area (Å²) in [4.78, 5) is 12.1. The number of hydrogen-bond acceptors (Lipinski definition) is 4. The third-order valence-corrected chi connectivity index (χ3v) is 7.20. The molecule has 3 nitrogen and oxygen atoms in total. The third kappa shape index (κ3) is 5.45. The molecule has 0 aromatic heterocycles. The summed E-state index contributed by atoms with van der Waals surface area (Å²) >= 11 is 4.01. The predicted octanol–water partition coefficient (Wildman–Crippen LogP) is 5.70. The Hall–Kier alpha value is -1.59. The maximum atomic E-state index is 12.1. The normalized spacial score (nSPS) is 15.0. The van der Waals surface area contributed by atoms with Crippen LogP contribution in [-0.2, 0) is 4.79 Å². The maximum absolute atomic E-state index is 12.1. The SMILES string of the molecule is CC(C)c1cccc(NC(=O)COc2ccc(C3SCCCS3)cc2)c1. The summed E-state index contributed by atoms with van der Waals surface area (Å²) in [6.45, 7) is 4.29. The summed E-state index contributed by atoms with van der Waals surface area (Å²) in [6.07, 6.45) is 1.29. The number of hydrogen-bond donors (Lipinski definition) is 1. The summed E-state index contributed by atoms with van der Waals surface area (Å²) in [5.74, 6) is 3.48. The van der Waals surface area contributed by atoms with Gasteiger partial charge in [0.05, 0.1) is 4.58 Å². The van der Waals surface area contributed by atoms with E-state index in [1.807, 2.05) is 53.9 Å². The van der Waals surface area contributed by atoms with Gasteiger partial charge in [-0.2, -0.15) is 0 Å². The molecule has 0 radical (unpaired) electrons. The molecule has 2 aromatic rings. The van der Waals surface area contributed by atoms with E-state index < -0.39 is 0 Å². The van der Waals surface area contributed by atoms with E-state index in [0.29, 0.717) is 10.5 Å². The van der Waals surface area contributed by atoms with Crippen molar-refractivity contribution in [1.82, 2.24) is 0 Å². The molecule has 138 valence electrons. The zero-order valence-electron chi connectivity index (χ0n) is 15.2. The van der Waals surface area contributed by atoms with Crippen LogP contribution in [0.5, 0.6) is 5.75 Å². The number of anilines is 1. The zero-order chi connectivity index (χ0) is 18.4. The second-order valence-electron chi connectivity index (χ2n) is 6.61. The van der Waals surface area contributed by atoms with Crippen molar-refractivity contribution in [3.05, 3.63) is 59.7 Å². The first-order chi connectivity index (χ1) is 12.6. The summed E-state index contributed by atoms with van der Waals surface area (Å²) in [5.41, 5.74) is 3.34. The van der Waals surface area contributed by atoms with Gasteiger partial charge in [-0.1, -0.05) is 38.1 Å². The second-order valence-corrected chi connectivity index (χ2v) is 9.34. The van der Waals surface area contributed by atoms with E-state index in [0.717, 1.165) is 11.4 Å². The lowest BCUT2D eigenvalue weighted by molar-refractivity contribution is -0.118. The Bertz CT molecular complexity index is 725. The summed E-state index contributed by atoms with van der Waals surface area (Å²) in [7, 11) is 0. The first kappa shape index (κ1) is 19.2. The van der Waals surface area contributed by atoms with Crippen LogP contribution >= 0.6 is 23.5 Å². The fourth-order valence-corrected chi connectivity index (χ4v) is 5.62. The van der Waals surface area contributed by atoms with Crippen LogP contribution in [0.1, 0.15) is 41.9 Å². The molecule has 0 unspecified atom stereocenters. The molecule has 1 N–H and O–H groups in total. The zero-order valence-corrected chi connectivity index (χ0v) is 16.9. The molecule has 0 atom stereocenters. The van der Waals surface area contributed by atoms with E-state index >= 15 is 0 Å². The molecule has 2 aromatic carbocycles. The average Bonchev–Trinajstić information content (AvgIpc) is 2.68. The van der Waals surface area contributed by atoms with Gasteiger partial charge in [0.2, 0.25) is 0 Å². The van der Waals surface area contributed by atoms with Gasteiger partial charge in [0, 0.05) is 5.69 Å². The first-order valence-electron chi connectivity index (χ1n) is 8.97. The van der Waals surface area contributed by atoms with Gasteiger partial charge in [-0.15, -0.1) is 23.5 Å². The van der Waals surface area contributed by atoms with Crippen LogP contribution in [0.4, 0.5) is 5.69 Å². The number of thioether (sulfide) groups is 2. The smallest absolute Gasteiger partial charge is 0.262 e. The molecule has 1 saturated heterocycles. The highest BCUT2D eigenvalue weighted by Crippen LogP contribution is 2.43. The van der Waals surface area contributed by atoms with E-state index in [9.17, 15) is 4.79 Å². The Morgan fingerprint density at radius 2 is 1.88 bits per heavy atom. The molecule has 1 aliphatic rings. The van der Waals surface area contributed by atoms with Crippen molar-refractivity contribution in [2.45, 2.75) is 30.8 Å². The highest BCUT2D eigenvalue weighted by molar-refractivity contribution is 8.16. The van der Waals surface area contributed by atoms with Crippen molar-refractivity contribution < 1.29 is 9.53 Å². The topological polar surface area (TPSA) is 38.3 Å². The van der Waals surface area contributed by atoms with Gasteiger partial charge in [-0.3, -0.25) is 4.79 Å². The molecule has 1 amide bonds. The summed E-state index contributed by atoms with van der Waals surface area (Å²) in [6, 6.07) is 16.1. The van der Waals surface area contributed by atoms with Gasteiger partial charge < -0.3 is 10.1 Å². The standard InChI is InChI=1S/C21H25NO2S2/c1-15(2)17-5-3-6-18(13-17)22-20(23)14-24-19-9-7-16(8-10-19)21-25-11-4-12-26-21/h3,5-10,13,15,21H,4,11-12,14H2,1-2H3,(H,22,23). The molecule has 1 heterocycles. The lowest BCUT2D eigenvalue weighted by Gasteiger charge is -2.21. The fourth-order valence-electron chi connectivity index (χ4n) is 2.72. The molecular formula is C21H25NO2S2. The van der Waals surface area contributed by atoms with Crippen LogP contribution in [0.25, 0.3) is 0 Å². The Morgan fingerprint density at radius 3 is 2.58 bits per heavy atom. The lowest BCUT2D eigenvalue weighted by atomic mass is 10.0. The average molecular weight is 388 g/mol. The number of ether oxygens (including phenoxy) is 1. The Labute approximate surface area is 164 Å². The fraction of sp³-hybridized carbons (Fsp3) is 0.381. The number of carbonyl (C=O) groups is 1. The van der Waals surface area contributed by atoms with Crippen LogP contribution in [0.3, 0.4) is 0 Å². The lowest BCUT2D eigenvalue weighted by Crippen LogP contribution is -2.20. The minimum atomic E-state index is -0.145. The van der Waals surface area contributed by atoms with E-state index in [-0.39, 0.29) is 12.5 Å². The maximum Gasteiger partial charge on any atom is 0.262 e. The van der Waals surface area contributed by atoms with Gasteiger partial charge in [0.1, 0.15) is 5.75 Å². The number of rotatable bonds is 6. The molecule has 3 rings (SSSR count). The molecule has 0 saturated carbocycles. The van der Waals surface area contributed by atoms with Crippen molar-refractivity contribution in [1.29, 1.82) is 0 Å². The Kier molecular flexibility index (Phi) is 6.92. The van der Waals surface area contributed by atoms with Crippen molar-refractivity contribution in [3.8, 4) is 5.75 Å². The van der Waals surface area contributed by atoms with Crippen LogP contribution in [0, 0.1) is 0 Å². The number of carbonyl (C=O) groups excluding carboxylic acids is 1. The van der Waals surface area contributed by atoms with Crippen LogP contribution in [0.15, 0.2) is 48.5 Å². The number of benzene rings is 2. The largest absolute Gasteiger partial charge is 0.484 e.